The van der Waals surface area contributed by atoms with E-state index in [2.05, 4.69) is 30.3 Å². The Kier molecular flexibility index (Phi) is 4.30. The van der Waals surface area contributed by atoms with Crippen molar-refractivity contribution in [1.82, 2.24) is 5.32 Å². The van der Waals surface area contributed by atoms with Gasteiger partial charge >= 0.3 is 0 Å². The molecule has 94 valence electrons. The smallest absolute Gasteiger partial charge is 0.0455 e. The molecule has 17 heavy (non-hydrogen) atoms. The van der Waals surface area contributed by atoms with Gasteiger partial charge in [0.05, 0.1) is 0 Å². The lowest BCUT2D eigenvalue weighted by atomic mass is 10.0. The van der Waals surface area contributed by atoms with Gasteiger partial charge in [-0.1, -0.05) is 17.7 Å². The van der Waals surface area contributed by atoms with Crippen LogP contribution in [0.5, 0.6) is 0 Å². The fourth-order valence-electron chi connectivity index (χ4n) is 2.47. The van der Waals surface area contributed by atoms with Crippen molar-refractivity contribution in [1.29, 1.82) is 0 Å². The quantitative estimate of drug-likeness (QED) is 0.886. The van der Waals surface area contributed by atoms with Crippen molar-refractivity contribution in [2.45, 2.75) is 19.8 Å². The molecule has 3 heteroatoms. The van der Waals surface area contributed by atoms with Crippen LogP contribution in [0.1, 0.15) is 18.4 Å². The Balaban J connectivity index is 1.94. The summed E-state index contributed by atoms with van der Waals surface area (Å²) in [6.45, 7) is 5.56. The molecule has 1 aliphatic heterocycles. The van der Waals surface area contributed by atoms with E-state index in [-0.39, 0.29) is 0 Å². The van der Waals surface area contributed by atoms with E-state index in [9.17, 15) is 0 Å². The molecule has 1 aromatic rings. The summed E-state index contributed by atoms with van der Waals surface area (Å²) >= 11 is 6.15. The predicted molar refractivity (Wildman–Crippen MR) is 75.1 cm³/mol. The van der Waals surface area contributed by atoms with E-state index in [1.54, 1.807) is 0 Å². The number of hydrogen-bond donors (Lipinski definition) is 1. The van der Waals surface area contributed by atoms with Crippen molar-refractivity contribution in [2.24, 2.45) is 5.92 Å². The van der Waals surface area contributed by atoms with Crippen LogP contribution in [-0.4, -0.2) is 26.7 Å². The van der Waals surface area contributed by atoms with Crippen molar-refractivity contribution < 1.29 is 0 Å². The second kappa shape index (κ2) is 5.74. The van der Waals surface area contributed by atoms with E-state index in [1.807, 2.05) is 12.1 Å². The minimum atomic E-state index is 0.844. The molecule has 1 saturated heterocycles. The zero-order valence-electron chi connectivity index (χ0n) is 10.7. The number of anilines is 1. The summed E-state index contributed by atoms with van der Waals surface area (Å²) in [6, 6.07) is 6.13. The highest BCUT2D eigenvalue weighted by atomic mass is 35.5. The van der Waals surface area contributed by atoms with E-state index in [1.165, 1.54) is 37.2 Å². The predicted octanol–water partition coefficient (Wildman–Crippen LogP) is 3.08. The monoisotopic (exact) mass is 252 g/mol. The van der Waals surface area contributed by atoms with Crippen LogP contribution < -0.4 is 10.2 Å². The molecule has 0 aliphatic carbocycles. The number of nitrogens with one attached hydrogen (secondary N) is 1. The van der Waals surface area contributed by atoms with Crippen LogP contribution in [0, 0.1) is 12.8 Å². The molecule has 0 aromatic heterocycles. The van der Waals surface area contributed by atoms with Gasteiger partial charge in [-0.25, -0.2) is 0 Å². The maximum atomic E-state index is 6.15. The molecule has 0 amide bonds. The molecule has 0 radical (unpaired) electrons. The van der Waals surface area contributed by atoms with E-state index >= 15 is 0 Å². The van der Waals surface area contributed by atoms with Gasteiger partial charge in [0.2, 0.25) is 0 Å². The molecular weight excluding hydrogens is 232 g/mol. The van der Waals surface area contributed by atoms with Crippen LogP contribution in [0.25, 0.3) is 0 Å². The lowest BCUT2D eigenvalue weighted by Gasteiger charge is -2.23. The maximum absolute atomic E-state index is 6.15. The molecule has 1 aromatic carbocycles. The second-order valence-corrected chi connectivity index (χ2v) is 5.36. The Morgan fingerprint density at radius 3 is 3.00 bits per heavy atom. The molecular formula is C14H21ClN2. The first-order chi connectivity index (χ1) is 8.18. The summed E-state index contributed by atoms with van der Waals surface area (Å²) in [7, 11) is 2.15. The maximum Gasteiger partial charge on any atom is 0.0455 e. The van der Waals surface area contributed by atoms with Crippen LogP contribution in [-0.2, 0) is 0 Å². The summed E-state index contributed by atoms with van der Waals surface area (Å²) in [5, 5.41) is 4.27. The number of halogens is 1. The van der Waals surface area contributed by atoms with Crippen molar-refractivity contribution in [3.8, 4) is 0 Å². The molecule has 0 saturated carbocycles. The average Bonchev–Trinajstić information content (AvgIpc) is 2.82. The fourth-order valence-corrected chi connectivity index (χ4v) is 2.64. The SMILES string of the molecule is Cc1c(Cl)cccc1N(C)CCC1CCNC1. The van der Waals surface area contributed by atoms with Crippen LogP contribution >= 0.6 is 11.6 Å². The zero-order valence-corrected chi connectivity index (χ0v) is 11.4. The summed E-state index contributed by atoms with van der Waals surface area (Å²) in [5.41, 5.74) is 2.43. The number of benzene rings is 1. The molecule has 1 N–H and O–H groups in total. The van der Waals surface area contributed by atoms with E-state index in [0.29, 0.717) is 0 Å². The summed E-state index contributed by atoms with van der Waals surface area (Å²) in [6.07, 6.45) is 2.58. The van der Waals surface area contributed by atoms with Gasteiger partial charge < -0.3 is 10.2 Å². The molecule has 1 aliphatic rings. The topological polar surface area (TPSA) is 15.3 Å². The minimum absolute atomic E-state index is 0.844. The van der Waals surface area contributed by atoms with E-state index < -0.39 is 0 Å². The Morgan fingerprint density at radius 1 is 1.47 bits per heavy atom. The molecule has 2 nitrogen and oxygen atoms in total. The highest BCUT2D eigenvalue weighted by Crippen LogP contribution is 2.26. The van der Waals surface area contributed by atoms with Gasteiger partial charge in [0.1, 0.15) is 0 Å². The van der Waals surface area contributed by atoms with Gasteiger partial charge in [-0.3, -0.25) is 0 Å². The average molecular weight is 253 g/mol. The molecule has 0 spiro atoms. The first-order valence-electron chi connectivity index (χ1n) is 6.35. The first kappa shape index (κ1) is 12.7. The number of nitrogens with zero attached hydrogens (tertiary/aromatic N) is 1. The Morgan fingerprint density at radius 2 is 2.29 bits per heavy atom. The van der Waals surface area contributed by atoms with Crippen LogP contribution in [0.2, 0.25) is 5.02 Å². The first-order valence-corrected chi connectivity index (χ1v) is 6.73. The number of rotatable bonds is 4. The highest BCUT2D eigenvalue weighted by molar-refractivity contribution is 6.31. The lowest BCUT2D eigenvalue weighted by Crippen LogP contribution is -2.22. The second-order valence-electron chi connectivity index (χ2n) is 4.95. The molecule has 1 heterocycles. The Bertz CT molecular complexity index is 372. The molecule has 2 rings (SSSR count). The third kappa shape index (κ3) is 3.14. The molecule has 1 fully saturated rings. The van der Waals surface area contributed by atoms with E-state index in [4.69, 9.17) is 11.6 Å². The molecule has 1 atom stereocenters. The van der Waals surface area contributed by atoms with Crippen molar-refractivity contribution in [3.63, 3.8) is 0 Å². The zero-order chi connectivity index (χ0) is 12.3. The molecule has 0 bridgehead atoms. The Hall–Kier alpha value is -0.730. The van der Waals surface area contributed by atoms with E-state index in [0.717, 1.165) is 17.5 Å². The van der Waals surface area contributed by atoms with Crippen molar-refractivity contribution in [3.05, 3.63) is 28.8 Å². The largest absolute Gasteiger partial charge is 0.374 e. The van der Waals surface area contributed by atoms with Crippen LogP contribution in [0.3, 0.4) is 0 Å². The lowest BCUT2D eigenvalue weighted by molar-refractivity contribution is 0.533. The van der Waals surface area contributed by atoms with Crippen molar-refractivity contribution >= 4 is 17.3 Å². The van der Waals surface area contributed by atoms with Gasteiger partial charge in [-0.05, 0) is 56.5 Å². The number of hydrogen-bond acceptors (Lipinski definition) is 2. The van der Waals surface area contributed by atoms with Gasteiger partial charge in [-0.15, -0.1) is 0 Å². The standard InChI is InChI=1S/C14H21ClN2/c1-11-13(15)4-3-5-14(11)17(2)9-7-12-6-8-16-10-12/h3-5,12,16H,6-10H2,1-2H3. The van der Waals surface area contributed by atoms with Crippen LogP contribution in [0.4, 0.5) is 5.69 Å². The summed E-state index contributed by atoms with van der Waals surface area (Å²) in [5.74, 6) is 0.844. The minimum Gasteiger partial charge on any atom is -0.374 e. The third-order valence-corrected chi connectivity index (χ3v) is 4.09. The van der Waals surface area contributed by atoms with Gasteiger partial charge in [0.25, 0.3) is 0 Å². The normalized spacial score (nSPS) is 19.6. The summed E-state index contributed by atoms with van der Waals surface area (Å²) in [4.78, 5) is 2.32. The highest BCUT2D eigenvalue weighted by Gasteiger charge is 2.15. The van der Waals surface area contributed by atoms with Gasteiger partial charge in [0.15, 0.2) is 0 Å². The fraction of sp³-hybridized carbons (Fsp3) is 0.571. The van der Waals surface area contributed by atoms with Gasteiger partial charge in [0, 0.05) is 24.3 Å². The molecule has 1 unspecified atom stereocenters. The van der Waals surface area contributed by atoms with Crippen molar-refractivity contribution in [2.75, 3.05) is 31.6 Å². The summed E-state index contributed by atoms with van der Waals surface area (Å²) < 4.78 is 0. The third-order valence-electron chi connectivity index (χ3n) is 3.69. The Labute approximate surface area is 109 Å². The van der Waals surface area contributed by atoms with Gasteiger partial charge in [-0.2, -0.15) is 0 Å². The van der Waals surface area contributed by atoms with Crippen LogP contribution in [0.15, 0.2) is 18.2 Å².